The predicted molar refractivity (Wildman–Crippen MR) is 109 cm³/mol. The summed E-state index contributed by atoms with van der Waals surface area (Å²) < 4.78 is 16.6. The van der Waals surface area contributed by atoms with Crippen LogP contribution >= 0.6 is 7.82 Å². The molecule has 4 aliphatic heterocycles. The third-order valence-electron chi connectivity index (χ3n) is 5.44. The second-order valence-electron chi connectivity index (χ2n) is 7.44. The molecule has 0 spiro atoms. The Morgan fingerprint density at radius 3 is 2.97 bits per heavy atom. The molecule has 13 heteroatoms. The second kappa shape index (κ2) is 7.74. The number of hydrogen-bond acceptors (Lipinski definition) is 11. The Hall–Kier alpha value is -1.76. The SMILES string of the molecule is [B][P+]1(O)OCC2OC(N3C4=C(NC3NCc3ccccc3)C(N)N=CN4)C(O)[C@@H]2O1. The molecule has 11 nitrogen and oxygen atoms in total. The third-order valence-corrected chi connectivity index (χ3v) is 6.50. The summed E-state index contributed by atoms with van der Waals surface area (Å²) in [6.07, 6.45) is -2.77. The molecule has 1 aromatic carbocycles. The van der Waals surface area contributed by atoms with Crippen LogP contribution in [0.25, 0.3) is 0 Å². The van der Waals surface area contributed by atoms with Crippen LogP contribution in [0, 0.1) is 0 Å². The number of nitrogens with zero attached hydrogens (tertiary/aromatic N) is 2. The molecular formula is C17H23BN6O5P+. The quantitative estimate of drug-likeness (QED) is 0.242. The molecule has 0 saturated carbocycles. The zero-order valence-electron chi connectivity index (χ0n) is 16.0. The second-order valence-corrected chi connectivity index (χ2v) is 9.03. The topological polar surface area (TPSA) is 146 Å². The fourth-order valence-corrected chi connectivity index (χ4v) is 5.05. The normalized spacial score (nSPS) is 40.0. The van der Waals surface area contributed by atoms with E-state index in [0.717, 1.165) is 5.56 Å². The van der Waals surface area contributed by atoms with Gasteiger partial charge in [-0.15, -0.1) is 0 Å². The van der Waals surface area contributed by atoms with Gasteiger partial charge in [0.1, 0.15) is 30.8 Å². The van der Waals surface area contributed by atoms with Crippen LogP contribution in [0.15, 0.2) is 46.8 Å². The molecule has 0 aromatic heterocycles. The molecule has 2 radical (unpaired) electrons. The average molecular weight is 433 g/mol. The van der Waals surface area contributed by atoms with Gasteiger partial charge in [0.05, 0.1) is 12.0 Å². The van der Waals surface area contributed by atoms with Crippen LogP contribution in [-0.4, -0.2) is 72.4 Å². The maximum Gasteiger partial charge on any atom is 0.488 e. The van der Waals surface area contributed by atoms with E-state index in [1.54, 1.807) is 0 Å². The minimum Gasteiger partial charge on any atom is -0.385 e. The van der Waals surface area contributed by atoms with Crippen molar-refractivity contribution in [2.75, 3.05) is 6.61 Å². The van der Waals surface area contributed by atoms with Crippen LogP contribution in [-0.2, 0) is 20.3 Å². The Morgan fingerprint density at radius 2 is 2.17 bits per heavy atom. The van der Waals surface area contributed by atoms with Gasteiger partial charge in [-0.25, -0.2) is 4.89 Å². The minimum atomic E-state index is -3.47. The first-order valence-electron chi connectivity index (χ1n) is 9.60. The first kappa shape index (κ1) is 20.2. The van der Waals surface area contributed by atoms with Gasteiger partial charge in [-0.1, -0.05) is 30.3 Å². The summed E-state index contributed by atoms with van der Waals surface area (Å²) >= 11 is 0. The van der Waals surface area contributed by atoms with Crippen LogP contribution in [0.1, 0.15) is 5.56 Å². The van der Waals surface area contributed by atoms with Crippen LogP contribution in [0.3, 0.4) is 0 Å². The van der Waals surface area contributed by atoms with Crippen molar-refractivity contribution >= 4 is 21.7 Å². The molecule has 7 N–H and O–H groups in total. The summed E-state index contributed by atoms with van der Waals surface area (Å²) in [6.45, 7) is 0.595. The molecular weight excluding hydrogens is 410 g/mol. The van der Waals surface area contributed by atoms with E-state index in [2.05, 4.69) is 20.9 Å². The number of hydrogen-bond donors (Lipinski definition) is 6. The van der Waals surface area contributed by atoms with Gasteiger partial charge in [0.25, 0.3) is 0 Å². The average Bonchev–Trinajstić information content (AvgIpc) is 3.25. The van der Waals surface area contributed by atoms with Crippen molar-refractivity contribution in [3.05, 3.63) is 47.4 Å². The van der Waals surface area contributed by atoms with Gasteiger partial charge in [-0.05, 0) is 5.56 Å². The predicted octanol–water partition coefficient (Wildman–Crippen LogP) is -1.61. The molecule has 6 unspecified atom stereocenters. The van der Waals surface area contributed by atoms with Gasteiger partial charge in [0.15, 0.2) is 18.6 Å². The maximum absolute atomic E-state index is 11.0. The van der Waals surface area contributed by atoms with Crippen molar-refractivity contribution in [1.82, 2.24) is 20.9 Å². The smallest absolute Gasteiger partial charge is 0.385 e. The van der Waals surface area contributed by atoms with Gasteiger partial charge in [0, 0.05) is 6.54 Å². The lowest BCUT2D eigenvalue weighted by molar-refractivity contribution is -0.102. The highest BCUT2D eigenvalue weighted by Crippen LogP contribution is 2.58. The molecule has 0 amide bonds. The van der Waals surface area contributed by atoms with Crippen LogP contribution < -0.4 is 21.7 Å². The van der Waals surface area contributed by atoms with Crippen molar-refractivity contribution in [2.45, 2.75) is 43.5 Å². The summed E-state index contributed by atoms with van der Waals surface area (Å²) in [5.74, 6) is 0.643. The number of ether oxygens (including phenoxy) is 1. The fraction of sp³-hybridized carbons (Fsp3) is 0.471. The minimum absolute atomic E-state index is 0.0304. The zero-order chi connectivity index (χ0) is 20.9. The molecule has 5 rings (SSSR count). The largest absolute Gasteiger partial charge is 0.488 e. The van der Waals surface area contributed by atoms with E-state index in [1.165, 1.54) is 6.34 Å². The molecule has 2 fully saturated rings. The van der Waals surface area contributed by atoms with Gasteiger partial charge >= 0.3 is 15.4 Å². The Bertz CT molecular complexity index is 860. The molecule has 0 bridgehead atoms. The monoisotopic (exact) mass is 433 g/mol. The number of nitrogens with two attached hydrogens (primary N) is 1. The van der Waals surface area contributed by atoms with Crippen molar-refractivity contribution in [1.29, 1.82) is 0 Å². The Balaban J connectivity index is 1.39. The van der Waals surface area contributed by atoms with Gasteiger partial charge < -0.3 is 26.2 Å². The van der Waals surface area contributed by atoms with Gasteiger partial charge in [-0.3, -0.25) is 15.2 Å². The van der Waals surface area contributed by atoms with E-state index < -0.39 is 44.8 Å². The number of benzene rings is 1. The molecule has 30 heavy (non-hydrogen) atoms. The summed E-state index contributed by atoms with van der Waals surface area (Å²) in [4.78, 5) is 16.0. The molecule has 158 valence electrons. The highest BCUT2D eigenvalue weighted by Gasteiger charge is 2.59. The van der Waals surface area contributed by atoms with E-state index in [-0.39, 0.29) is 6.61 Å². The van der Waals surface area contributed by atoms with Crippen molar-refractivity contribution in [2.24, 2.45) is 10.7 Å². The molecule has 4 aliphatic rings. The standard InChI is InChI=1S/C17H23BN6O5P/c18-30(26)27-7-10-13(29-30)12(25)16(28-10)24-15-11(14(19)21-8-22-15)23-17(24)20-6-9-4-2-1-3-5-9/h1-5,8,10,12-14,16-17,20,23,25-26H,6-7,19H2,(H,21,22)/q+1/t10?,12?,13-,14?,16?,17?,30?/m1/s1. The Kier molecular flexibility index (Phi) is 5.20. The lowest BCUT2D eigenvalue weighted by Crippen LogP contribution is -2.56. The third kappa shape index (κ3) is 3.59. The summed E-state index contributed by atoms with van der Waals surface area (Å²) in [6, 6.07) is 9.92. The van der Waals surface area contributed by atoms with Crippen molar-refractivity contribution in [3.8, 4) is 0 Å². The number of aliphatic hydroxyl groups excluding tert-OH is 1. The Labute approximate surface area is 175 Å². The summed E-state index contributed by atoms with van der Waals surface area (Å²) in [7, 11) is 2.15. The van der Waals surface area contributed by atoms with E-state index >= 15 is 0 Å². The molecule has 2 saturated heterocycles. The first-order chi connectivity index (χ1) is 14.4. The summed E-state index contributed by atoms with van der Waals surface area (Å²) in [5, 5.41) is 20.8. The highest BCUT2D eigenvalue weighted by atomic mass is 31.2. The van der Waals surface area contributed by atoms with Crippen LogP contribution in [0.4, 0.5) is 0 Å². The van der Waals surface area contributed by atoms with Crippen molar-refractivity contribution < 1.29 is 23.8 Å². The number of aliphatic imine (C=N–C) groups is 1. The van der Waals surface area contributed by atoms with Crippen molar-refractivity contribution in [3.63, 3.8) is 0 Å². The van der Waals surface area contributed by atoms with E-state index in [1.807, 2.05) is 35.2 Å². The first-order valence-corrected chi connectivity index (χ1v) is 11.2. The summed E-state index contributed by atoms with van der Waals surface area (Å²) in [5.41, 5.74) is 7.90. The van der Waals surface area contributed by atoms with Gasteiger partial charge in [0.2, 0.25) is 0 Å². The maximum atomic E-state index is 11.0. The highest BCUT2D eigenvalue weighted by molar-refractivity contribution is 7.85. The molecule has 1 aromatic rings. The Morgan fingerprint density at radius 1 is 1.37 bits per heavy atom. The fourth-order valence-electron chi connectivity index (χ4n) is 4.02. The number of fused-ring (bicyclic) bond motifs is 1. The van der Waals surface area contributed by atoms with E-state index in [9.17, 15) is 10.00 Å². The lowest BCUT2D eigenvalue weighted by atomic mass is 10.1. The molecule has 0 aliphatic carbocycles. The van der Waals surface area contributed by atoms with Gasteiger partial charge in [-0.2, -0.15) is 9.05 Å². The number of nitrogens with one attached hydrogen (secondary N) is 3. The zero-order valence-corrected chi connectivity index (χ0v) is 16.9. The van der Waals surface area contributed by atoms with Crippen LogP contribution in [0.2, 0.25) is 0 Å². The number of aliphatic hydroxyl groups is 1. The lowest BCUT2D eigenvalue weighted by Gasteiger charge is -2.35. The molecule has 4 heterocycles. The van der Waals surface area contributed by atoms with Crippen LogP contribution in [0.5, 0.6) is 0 Å². The van der Waals surface area contributed by atoms with E-state index in [0.29, 0.717) is 18.1 Å². The number of rotatable bonds is 4. The van der Waals surface area contributed by atoms with E-state index in [4.69, 9.17) is 27.1 Å². The molecule has 7 atom stereocenters.